The van der Waals surface area contributed by atoms with E-state index in [4.69, 9.17) is 14.9 Å². The molecular formula is C20H32O3. The quantitative estimate of drug-likeness (QED) is 0.701. The van der Waals surface area contributed by atoms with Crippen LogP contribution in [0.4, 0.5) is 0 Å². The summed E-state index contributed by atoms with van der Waals surface area (Å²) in [5, 5.41) is 18.2. The van der Waals surface area contributed by atoms with Gasteiger partial charge in [0.1, 0.15) is 5.75 Å². The molecule has 2 N–H and O–H groups in total. The molecule has 0 amide bonds. The number of methoxy groups -OCH3 is 1. The molecule has 0 aliphatic heterocycles. The first-order chi connectivity index (χ1) is 10.9. The van der Waals surface area contributed by atoms with Crippen LogP contribution in [-0.2, 0) is 0 Å². The number of hydrogen-bond donors (Lipinski definition) is 2. The first-order valence-electron chi connectivity index (χ1n) is 8.04. The van der Waals surface area contributed by atoms with Crippen LogP contribution in [0.25, 0.3) is 0 Å². The van der Waals surface area contributed by atoms with E-state index in [9.17, 15) is 0 Å². The van der Waals surface area contributed by atoms with E-state index < -0.39 is 0 Å². The Balaban J connectivity index is 0. The first-order valence-corrected chi connectivity index (χ1v) is 8.04. The van der Waals surface area contributed by atoms with Crippen molar-refractivity contribution in [3.05, 3.63) is 53.1 Å². The minimum atomic E-state index is 0.188. The second-order valence-electron chi connectivity index (χ2n) is 4.47. The Bertz CT molecular complexity index is 549. The molecule has 0 aromatic heterocycles. The summed E-state index contributed by atoms with van der Waals surface area (Å²) in [7, 11) is 1.54. The number of phenols is 2. The zero-order chi connectivity index (χ0) is 18.4. The number of phenolic OH excluding ortho intramolecular Hbond substituents is 2. The average Bonchev–Trinajstić information content (AvgIpc) is 2.58. The largest absolute Gasteiger partial charge is 0.508 e. The fourth-order valence-electron chi connectivity index (χ4n) is 1.59. The van der Waals surface area contributed by atoms with Crippen molar-refractivity contribution in [2.75, 3.05) is 7.11 Å². The number of ether oxygens (including phenoxy) is 1. The molecule has 2 aromatic rings. The highest BCUT2D eigenvalue weighted by molar-refractivity contribution is 5.41. The Hall–Kier alpha value is -2.16. The van der Waals surface area contributed by atoms with Gasteiger partial charge in [0.05, 0.1) is 7.11 Å². The monoisotopic (exact) mass is 320 g/mol. The molecular weight excluding hydrogens is 288 g/mol. The summed E-state index contributed by atoms with van der Waals surface area (Å²) in [6, 6.07) is 10.8. The number of hydrogen-bond acceptors (Lipinski definition) is 3. The lowest BCUT2D eigenvalue weighted by Crippen LogP contribution is -1.83. The van der Waals surface area contributed by atoms with Gasteiger partial charge >= 0.3 is 0 Å². The molecule has 0 bridgehead atoms. The van der Waals surface area contributed by atoms with E-state index in [2.05, 4.69) is 0 Å². The average molecular weight is 320 g/mol. The molecule has 0 aliphatic carbocycles. The lowest BCUT2D eigenvalue weighted by atomic mass is 10.1. The fraction of sp³-hybridized carbons (Fsp3) is 0.400. The Labute approximate surface area is 141 Å². The highest BCUT2D eigenvalue weighted by Crippen LogP contribution is 2.25. The summed E-state index contributed by atoms with van der Waals surface area (Å²) in [6.45, 7) is 13.8. The third kappa shape index (κ3) is 9.46. The maximum atomic E-state index is 9.11. The molecule has 0 spiro atoms. The third-order valence-electron chi connectivity index (χ3n) is 2.69. The van der Waals surface area contributed by atoms with Crippen LogP contribution in [0.5, 0.6) is 17.2 Å². The number of aromatic hydroxyl groups is 2. The highest BCUT2D eigenvalue weighted by Gasteiger charge is 1.97. The smallest absolute Gasteiger partial charge is 0.160 e. The summed E-state index contributed by atoms with van der Waals surface area (Å²) < 4.78 is 4.88. The number of aryl methyl sites for hydroxylation is 3. The SMILES string of the molecule is CC.CC.COc1cc(C)ccc1O.Cc1ccc(O)c(C)c1. The summed E-state index contributed by atoms with van der Waals surface area (Å²) in [4.78, 5) is 0. The molecule has 130 valence electrons. The van der Waals surface area contributed by atoms with E-state index in [-0.39, 0.29) is 5.75 Å². The molecule has 2 aromatic carbocycles. The van der Waals surface area contributed by atoms with Crippen LogP contribution in [0.3, 0.4) is 0 Å². The maximum absolute atomic E-state index is 9.11. The van der Waals surface area contributed by atoms with Gasteiger partial charge in [0.25, 0.3) is 0 Å². The Morgan fingerprint density at radius 3 is 1.48 bits per heavy atom. The molecule has 0 radical (unpaired) electrons. The van der Waals surface area contributed by atoms with Gasteiger partial charge in [0.2, 0.25) is 0 Å². The zero-order valence-electron chi connectivity index (χ0n) is 15.8. The van der Waals surface area contributed by atoms with E-state index in [1.54, 1.807) is 18.2 Å². The third-order valence-corrected chi connectivity index (χ3v) is 2.69. The van der Waals surface area contributed by atoms with Gasteiger partial charge in [0.15, 0.2) is 11.5 Å². The standard InChI is InChI=1S/C8H10O2.C8H10O.2C2H6/c1-6-3-4-7(9)8(5-6)10-2;1-6-3-4-8(9)7(2)5-6;2*1-2/h3-5,9H,1-2H3;3-5,9H,1-2H3;2*1-2H3. The van der Waals surface area contributed by atoms with E-state index >= 15 is 0 Å². The van der Waals surface area contributed by atoms with Crippen LogP contribution in [-0.4, -0.2) is 17.3 Å². The molecule has 0 heterocycles. The van der Waals surface area contributed by atoms with Gasteiger partial charge in [0, 0.05) is 0 Å². The molecule has 2 rings (SSSR count). The summed E-state index contributed by atoms with van der Waals surface area (Å²) >= 11 is 0. The van der Waals surface area contributed by atoms with Gasteiger partial charge in [-0.15, -0.1) is 0 Å². The van der Waals surface area contributed by atoms with E-state index in [0.717, 1.165) is 11.1 Å². The van der Waals surface area contributed by atoms with Crippen molar-refractivity contribution in [2.24, 2.45) is 0 Å². The molecule has 0 saturated carbocycles. The predicted molar refractivity (Wildman–Crippen MR) is 99.7 cm³/mol. The van der Waals surface area contributed by atoms with Crippen LogP contribution in [0, 0.1) is 20.8 Å². The number of rotatable bonds is 1. The van der Waals surface area contributed by atoms with Gasteiger partial charge in [-0.3, -0.25) is 0 Å². The van der Waals surface area contributed by atoms with Gasteiger partial charge in [-0.05, 0) is 50.1 Å². The van der Waals surface area contributed by atoms with Crippen molar-refractivity contribution in [1.29, 1.82) is 0 Å². The molecule has 0 aliphatic rings. The van der Waals surface area contributed by atoms with Crippen molar-refractivity contribution in [3.63, 3.8) is 0 Å². The van der Waals surface area contributed by atoms with Gasteiger partial charge in [-0.25, -0.2) is 0 Å². The minimum absolute atomic E-state index is 0.188. The highest BCUT2D eigenvalue weighted by atomic mass is 16.5. The Morgan fingerprint density at radius 1 is 0.696 bits per heavy atom. The van der Waals surface area contributed by atoms with E-state index in [1.807, 2.05) is 66.7 Å². The van der Waals surface area contributed by atoms with Crippen LogP contribution in [0.1, 0.15) is 44.4 Å². The van der Waals surface area contributed by atoms with E-state index in [1.165, 1.54) is 12.7 Å². The van der Waals surface area contributed by atoms with Crippen molar-refractivity contribution >= 4 is 0 Å². The lowest BCUT2D eigenvalue weighted by molar-refractivity contribution is 0.373. The van der Waals surface area contributed by atoms with Crippen molar-refractivity contribution in [2.45, 2.75) is 48.5 Å². The molecule has 3 nitrogen and oxygen atoms in total. The maximum Gasteiger partial charge on any atom is 0.160 e. The van der Waals surface area contributed by atoms with Gasteiger partial charge < -0.3 is 14.9 Å². The van der Waals surface area contributed by atoms with Crippen LogP contribution >= 0.6 is 0 Å². The Morgan fingerprint density at radius 2 is 1.13 bits per heavy atom. The van der Waals surface area contributed by atoms with Crippen molar-refractivity contribution in [1.82, 2.24) is 0 Å². The normalized spacial score (nSPS) is 8.35. The minimum Gasteiger partial charge on any atom is -0.508 e. The van der Waals surface area contributed by atoms with Crippen LogP contribution < -0.4 is 4.74 Å². The predicted octanol–water partition coefficient (Wildman–Crippen LogP) is 5.77. The molecule has 0 saturated heterocycles. The molecule has 23 heavy (non-hydrogen) atoms. The topological polar surface area (TPSA) is 49.7 Å². The van der Waals surface area contributed by atoms with Gasteiger partial charge in [-0.2, -0.15) is 0 Å². The summed E-state index contributed by atoms with van der Waals surface area (Å²) in [6.07, 6.45) is 0. The van der Waals surface area contributed by atoms with Crippen LogP contribution in [0.15, 0.2) is 36.4 Å². The molecule has 0 fully saturated rings. The molecule has 0 unspecified atom stereocenters. The van der Waals surface area contributed by atoms with Crippen LogP contribution in [0.2, 0.25) is 0 Å². The van der Waals surface area contributed by atoms with E-state index in [0.29, 0.717) is 11.5 Å². The van der Waals surface area contributed by atoms with Crippen molar-refractivity contribution in [3.8, 4) is 17.2 Å². The molecule has 3 heteroatoms. The summed E-state index contributed by atoms with van der Waals surface area (Å²) in [5.74, 6) is 1.09. The zero-order valence-corrected chi connectivity index (χ0v) is 15.8. The second-order valence-corrected chi connectivity index (χ2v) is 4.47. The summed E-state index contributed by atoms with van der Waals surface area (Å²) in [5.41, 5.74) is 3.20. The second kappa shape index (κ2) is 13.5. The number of benzene rings is 2. The Kier molecular flexibility index (Phi) is 13.6. The first kappa shape index (κ1) is 23.1. The fourth-order valence-corrected chi connectivity index (χ4v) is 1.59. The van der Waals surface area contributed by atoms with Crippen molar-refractivity contribution < 1.29 is 14.9 Å². The van der Waals surface area contributed by atoms with Gasteiger partial charge in [-0.1, -0.05) is 51.5 Å². The molecule has 0 atom stereocenters. The lowest BCUT2D eigenvalue weighted by Gasteiger charge is -2.02.